The number of hydrogen-bond acceptors (Lipinski definition) is 8. The van der Waals surface area contributed by atoms with Crippen molar-refractivity contribution >= 4 is 55.7 Å². The van der Waals surface area contributed by atoms with Crippen LogP contribution >= 0.6 is 11.3 Å². The van der Waals surface area contributed by atoms with Crippen LogP contribution in [0.3, 0.4) is 0 Å². The zero-order valence-corrected chi connectivity index (χ0v) is 22.2. The Kier molecular flexibility index (Phi) is 5.58. The number of hydrogen-bond donors (Lipinski definition) is 2. The van der Waals surface area contributed by atoms with E-state index in [0.717, 1.165) is 51.2 Å². The van der Waals surface area contributed by atoms with Crippen LogP contribution in [0.15, 0.2) is 60.4 Å². The van der Waals surface area contributed by atoms with Gasteiger partial charge < -0.3 is 10.6 Å². The number of rotatable bonds is 7. The van der Waals surface area contributed by atoms with E-state index >= 15 is 0 Å². The molecule has 7 rings (SSSR count). The number of thiophene rings is 1. The average molecular weight is 536 g/mol. The Bertz CT molecular complexity index is 1860. The Balaban J connectivity index is 1.23. The van der Waals surface area contributed by atoms with Gasteiger partial charge in [-0.1, -0.05) is 12.1 Å². The van der Waals surface area contributed by atoms with Crippen LogP contribution in [0.1, 0.15) is 46.2 Å². The van der Waals surface area contributed by atoms with Gasteiger partial charge in [0.1, 0.15) is 6.33 Å². The molecule has 5 aromatic heterocycles. The first-order valence-corrected chi connectivity index (χ1v) is 13.6. The number of nitrogens with zero attached hydrogens (tertiary/aromatic N) is 7. The number of anilines is 3. The van der Waals surface area contributed by atoms with Crippen LogP contribution in [0.4, 0.5) is 17.3 Å². The largest absolute Gasteiger partial charge is 0.322 e. The summed E-state index contributed by atoms with van der Waals surface area (Å²) < 4.78 is 4.51. The van der Waals surface area contributed by atoms with Crippen molar-refractivity contribution in [2.24, 2.45) is 7.05 Å². The second-order valence-corrected chi connectivity index (χ2v) is 10.7. The lowest BCUT2D eigenvalue weighted by Gasteiger charge is -2.08. The lowest BCUT2D eigenvalue weighted by molar-refractivity contribution is 0.102. The van der Waals surface area contributed by atoms with Crippen molar-refractivity contribution in [1.82, 2.24) is 34.5 Å². The van der Waals surface area contributed by atoms with Gasteiger partial charge in [0, 0.05) is 41.7 Å². The predicted octanol–water partition coefficient (Wildman–Crippen LogP) is 5.40. The van der Waals surface area contributed by atoms with E-state index in [-0.39, 0.29) is 5.91 Å². The fraction of sp³-hybridized carbons (Fsp3) is 0.214. The summed E-state index contributed by atoms with van der Waals surface area (Å²) in [7, 11) is 1.85. The molecule has 0 atom stereocenters. The molecule has 194 valence electrons. The predicted molar refractivity (Wildman–Crippen MR) is 152 cm³/mol. The van der Waals surface area contributed by atoms with Crippen LogP contribution in [0.5, 0.6) is 0 Å². The molecule has 0 unspecified atom stereocenters. The SMILES string of the molecule is Cc1cccc(Cn2nc(C3CC3)c3c(NC(=O)c4csc5c(Nc6ccn(C)n6)ncnc45)cccc32)n1. The highest BCUT2D eigenvalue weighted by atomic mass is 32.1. The molecule has 0 radical (unpaired) electrons. The molecule has 1 aromatic carbocycles. The van der Waals surface area contributed by atoms with Gasteiger partial charge in [0.15, 0.2) is 11.6 Å². The molecule has 1 amide bonds. The Morgan fingerprint density at radius 1 is 1.10 bits per heavy atom. The summed E-state index contributed by atoms with van der Waals surface area (Å²) in [5.41, 5.74) is 5.80. The van der Waals surface area contributed by atoms with Crippen LogP contribution in [0.25, 0.3) is 21.1 Å². The summed E-state index contributed by atoms with van der Waals surface area (Å²) in [4.78, 5) is 27.1. The van der Waals surface area contributed by atoms with E-state index in [2.05, 4.69) is 36.8 Å². The van der Waals surface area contributed by atoms with Crippen molar-refractivity contribution < 1.29 is 4.79 Å². The topological polar surface area (TPSA) is 115 Å². The summed E-state index contributed by atoms with van der Waals surface area (Å²) in [5, 5.41) is 18.6. The van der Waals surface area contributed by atoms with Crippen molar-refractivity contribution in [3.63, 3.8) is 0 Å². The highest BCUT2D eigenvalue weighted by Crippen LogP contribution is 2.44. The fourth-order valence-electron chi connectivity index (χ4n) is 4.86. The quantitative estimate of drug-likeness (QED) is 0.281. The van der Waals surface area contributed by atoms with Gasteiger partial charge in [0.25, 0.3) is 5.91 Å². The highest BCUT2D eigenvalue weighted by Gasteiger charge is 2.31. The molecule has 1 fully saturated rings. The van der Waals surface area contributed by atoms with Crippen molar-refractivity contribution in [2.75, 3.05) is 10.6 Å². The van der Waals surface area contributed by atoms with Crippen LogP contribution in [-0.4, -0.2) is 40.4 Å². The Morgan fingerprint density at radius 3 is 2.77 bits per heavy atom. The Hall–Kier alpha value is -4.64. The van der Waals surface area contributed by atoms with Crippen LogP contribution in [0.2, 0.25) is 0 Å². The minimum atomic E-state index is -0.217. The normalized spacial score (nSPS) is 13.3. The van der Waals surface area contributed by atoms with Gasteiger partial charge in [-0.05, 0) is 44.0 Å². The molecule has 1 aliphatic carbocycles. The molecule has 5 heterocycles. The molecule has 6 aromatic rings. The van der Waals surface area contributed by atoms with E-state index in [1.807, 2.05) is 66.6 Å². The first kappa shape index (κ1) is 23.5. The number of fused-ring (bicyclic) bond motifs is 2. The molecule has 2 N–H and O–H groups in total. The van der Waals surface area contributed by atoms with Gasteiger partial charge >= 0.3 is 0 Å². The van der Waals surface area contributed by atoms with Crippen LogP contribution in [-0.2, 0) is 13.6 Å². The van der Waals surface area contributed by atoms with E-state index in [4.69, 9.17) is 5.10 Å². The summed E-state index contributed by atoms with van der Waals surface area (Å²) in [6.45, 7) is 2.56. The highest BCUT2D eigenvalue weighted by molar-refractivity contribution is 7.18. The molecule has 10 nitrogen and oxygen atoms in total. The molecular formula is C28H25N9OS. The Morgan fingerprint density at radius 2 is 1.97 bits per heavy atom. The number of amides is 1. The van der Waals surface area contributed by atoms with Gasteiger partial charge in [0.05, 0.1) is 44.9 Å². The summed E-state index contributed by atoms with van der Waals surface area (Å²) >= 11 is 1.43. The smallest absolute Gasteiger partial charge is 0.258 e. The number of aryl methyl sites for hydroxylation is 2. The third-order valence-corrected chi connectivity index (χ3v) is 7.81. The summed E-state index contributed by atoms with van der Waals surface area (Å²) in [6.07, 6.45) is 5.53. The second kappa shape index (κ2) is 9.28. The number of nitrogens with one attached hydrogen (secondary N) is 2. The van der Waals surface area contributed by atoms with E-state index in [1.165, 1.54) is 17.7 Å². The zero-order chi connectivity index (χ0) is 26.5. The van der Waals surface area contributed by atoms with Gasteiger partial charge in [-0.2, -0.15) is 10.2 Å². The first-order valence-electron chi connectivity index (χ1n) is 12.8. The monoisotopic (exact) mass is 535 g/mol. The standard InChI is InChI=1S/C28H25N9OS/c1-16-5-3-6-18(31-16)13-37-21-8-4-7-20(23(21)24(35-37)17-9-10-17)32-28(38)19-14-39-26-25(19)29-15-30-27(26)33-22-11-12-36(2)34-22/h3-8,11-12,14-15,17H,9-10,13H2,1-2H3,(H,32,38)(H,29,30,33,34). The van der Waals surface area contributed by atoms with Gasteiger partial charge in [0.2, 0.25) is 0 Å². The summed E-state index contributed by atoms with van der Waals surface area (Å²) in [5.74, 6) is 1.49. The molecule has 39 heavy (non-hydrogen) atoms. The van der Waals surface area contributed by atoms with E-state index < -0.39 is 0 Å². The lowest BCUT2D eigenvalue weighted by Crippen LogP contribution is -2.12. The van der Waals surface area contributed by atoms with Crippen LogP contribution in [0, 0.1) is 6.92 Å². The van der Waals surface area contributed by atoms with Gasteiger partial charge in [-0.3, -0.25) is 19.1 Å². The molecular weight excluding hydrogens is 510 g/mol. The molecule has 0 saturated heterocycles. The molecule has 0 aliphatic heterocycles. The molecule has 11 heteroatoms. The third-order valence-electron chi connectivity index (χ3n) is 6.83. The maximum atomic E-state index is 13.6. The Labute approximate surface area is 227 Å². The fourth-order valence-corrected chi connectivity index (χ4v) is 5.80. The minimum Gasteiger partial charge on any atom is -0.322 e. The van der Waals surface area contributed by atoms with Gasteiger partial charge in [-0.15, -0.1) is 11.3 Å². The summed E-state index contributed by atoms with van der Waals surface area (Å²) in [6, 6.07) is 13.8. The van der Waals surface area contributed by atoms with Crippen molar-refractivity contribution in [1.29, 1.82) is 0 Å². The number of carbonyl (C=O) groups excluding carboxylic acids is 1. The molecule has 1 aliphatic rings. The van der Waals surface area contributed by atoms with Gasteiger partial charge in [-0.25, -0.2) is 9.97 Å². The average Bonchev–Trinajstić information content (AvgIpc) is 3.36. The lowest BCUT2D eigenvalue weighted by atomic mass is 10.1. The minimum absolute atomic E-state index is 0.217. The van der Waals surface area contributed by atoms with E-state index in [9.17, 15) is 4.79 Å². The number of benzene rings is 1. The zero-order valence-electron chi connectivity index (χ0n) is 21.4. The number of aromatic nitrogens is 7. The van der Waals surface area contributed by atoms with E-state index in [0.29, 0.717) is 35.2 Å². The molecule has 0 bridgehead atoms. The maximum absolute atomic E-state index is 13.6. The molecule has 1 saturated carbocycles. The van der Waals surface area contributed by atoms with Crippen molar-refractivity contribution in [2.45, 2.75) is 32.2 Å². The van der Waals surface area contributed by atoms with Crippen molar-refractivity contribution in [3.05, 3.63) is 83.0 Å². The van der Waals surface area contributed by atoms with Crippen molar-refractivity contribution in [3.8, 4) is 0 Å². The van der Waals surface area contributed by atoms with E-state index in [1.54, 1.807) is 4.68 Å². The molecule has 0 spiro atoms. The first-order chi connectivity index (χ1) is 19.0. The maximum Gasteiger partial charge on any atom is 0.258 e. The number of pyridine rings is 1. The van der Waals surface area contributed by atoms with Crippen LogP contribution < -0.4 is 10.6 Å². The third kappa shape index (κ3) is 4.40. The second-order valence-electron chi connectivity index (χ2n) is 9.79. The number of carbonyl (C=O) groups is 1.